The Kier molecular flexibility index (Phi) is 4.82. The summed E-state index contributed by atoms with van der Waals surface area (Å²) in [6.07, 6.45) is 14.2. The number of hydrogen-bond acceptors (Lipinski definition) is 5. The Morgan fingerprint density at radius 2 is 1.76 bits per heavy atom. The molecule has 2 aliphatic carbocycles. The summed E-state index contributed by atoms with van der Waals surface area (Å²) in [6, 6.07) is 2.09. The van der Waals surface area contributed by atoms with Crippen molar-refractivity contribution in [3.05, 3.63) is 48.1 Å². The van der Waals surface area contributed by atoms with Crippen LogP contribution >= 0.6 is 0 Å². The van der Waals surface area contributed by atoms with Crippen LogP contribution in [-0.4, -0.2) is 30.3 Å². The first-order chi connectivity index (χ1) is 16.0. The molecule has 0 aliphatic heterocycles. The van der Waals surface area contributed by atoms with Gasteiger partial charge in [0, 0.05) is 53.0 Å². The van der Waals surface area contributed by atoms with Crippen molar-refractivity contribution in [3.63, 3.8) is 0 Å². The molecule has 2 aliphatic rings. The third-order valence-electron chi connectivity index (χ3n) is 7.17. The Balaban J connectivity index is 1.47. The molecule has 0 radical (unpaired) electrons. The molecule has 4 aromatic heterocycles. The molecule has 0 atom stereocenters. The summed E-state index contributed by atoms with van der Waals surface area (Å²) in [7, 11) is 0. The highest BCUT2D eigenvalue weighted by Crippen LogP contribution is 2.40. The van der Waals surface area contributed by atoms with Gasteiger partial charge in [0.05, 0.1) is 23.3 Å². The molecule has 33 heavy (non-hydrogen) atoms. The summed E-state index contributed by atoms with van der Waals surface area (Å²) in [5.41, 5.74) is 5.13. The summed E-state index contributed by atoms with van der Waals surface area (Å²) in [4.78, 5) is 14.0. The summed E-state index contributed by atoms with van der Waals surface area (Å²) in [5, 5.41) is 4.09. The highest BCUT2D eigenvalue weighted by Gasteiger charge is 2.33. The van der Waals surface area contributed by atoms with Crippen LogP contribution in [0.25, 0.3) is 33.3 Å². The molecule has 0 aromatic carbocycles. The fourth-order valence-corrected chi connectivity index (χ4v) is 5.22. The zero-order valence-corrected chi connectivity index (χ0v) is 19.1. The number of nitrogens with zero attached hydrogens (tertiary/aromatic N) is 5. The standard InChI is InChI=1S/C26H28FN5O/c1-16-23(17(2)33-31-16)19-10-22-24(28-11-19)21(20-12-29-25(30-13-20)18-6-7-18)14-32(22)15-26(27)8-4-3-5-9-26/h10-14,18H,3-9,15H2,1-2H3. The van der Waals surface area contributed by atoms with Crippen LogP contribution in [0.5, 0.6) is 0 Å². The molecule has 0 saturated heterocycles. The van der Waals surface area contributed by atoms with Crippen molar-refractivity contribution in [2.45, 2.75) is 76.9 Å². The first kappa shape index (κ1) is 20.5. The summed E-state index contributed by atoms with van der Waals surface area (Å²) in [5.74, 6) is 2.18. The van der Waals surface area contributed by atoms with E-state index in [4.69, 9.17) is 9.51 Å². The maximum Gasteiger partial charge on any atom is 0.141 e. The Hall–Kier alpha value is -3.09. The molecular formula is C26H28FN5O. The molecule has 0 spiro atoms. The molecule has 0 amide bonds. The lowest BCUT2D eigenvalue weighted by molar-refractivity contribution is 0.0873. The van der Waals surface area contributed by atoms with E-state index in [9.17, 15) is 0 Å². The van der Waals surface area contributed by atoms with Crippen LogP contribution in [0.4, 0.5) is 4.39 Å². The van der Waals surface area contributed by atoms with Crippen molar-refractivity contribution in [1.82, 2.24) is 24.7 Å². The number of aromatic nitrogens is 5. The molecule has 170 valence electrons. The fourth-order valence-electron chi connectivity index (χ4n) is 5.22. The number of fused-ring (bicyclic) bond motifs is 1. The topological polar surface area (TPSA) is 69.6 Å². The lowest BCUT2D eigenvalue weighted by Gasteiger charge is -2.30. The summed E-state index contributed by atoms with van der Waals surface area (Å²) >= 11 is 0. The Morgan fingerprint density at radius 3 is 2.42 bits per heavy atom. The van der Waals surface area contributed by atoms with Crippen molar-refractivity contribution < 1.29 is 8.91 Å². The Labute approximate surface area is 192 Å². The summed E-state index contributed by atoms with van der Waals surface area (Å²) in [6.45, 7) is 4.16. The normalized spacial score (nSPS) is 18.2. The van der Waals surface area contributed by atoms with E-state index in [-0.39, 0.29) is 0 Å². The van der Waals surface area contributed by atoms with Crippen molar-refractivity contribution in [2.24, 2.45) is 0 Å². The minimum atomic E-state index is -1.19. The Morgan fingerprint density at radius 1 is 1.03 bits per heavy atom. The fraction of sp³-hybridized carbons (Fsp3) is 0.462. The van der Waals surface area contributed by atoms with E-state index in [1.807, 2.05) is 43.2 Å². The van der Waals surface area contributed by atoms with E-state index in [0.29, 0.717) is 25.3 Å². The van der Waals surface area contributed by atoms with Crippen LogP contribution in [0.15, 0.2) is 35.4 Å². The zero-order valence-electron chi connectivity index (χ0n) is 19.1. The second-order valence-corrected chi connectivity index (χ2v) is 9.78. The van der Waals surface area contributed by atoms with Gasteiger partial charge in [-0.05, 0) is 45.6 Å². The molecule has 6 rings (SSSR count). The van der Waals surface area contributed by atoms with Gasteiger partial charge in [-0.3, -0.25) is 4.98 Å². The van der Waals surface area contributed by atoms with Crippen LogP contribution in [0, 0.1) is 13.8 Å². The van der Waals surface area contributed by atoms with Gasteiger partial charge < -0.3 is 9.09 Å². The van der Waals surface area contributed by atoms with E-state index < -0.39 is 5.67 Å². The number of rotatable bonds is 5. The molecule has 0 N–H and O–H groups in total. The summed E-state index contributed by atoms with van der Waals surface area (Å²) < 4.78 is 23.2. The van der Waals surface area contributed by atoms with E-state index >= 15 is 4.39 Å². The van der Waals surface area contributed by atoms with Gasteiger partial charge >= 0.3 is 0 Å². The van der Waals surface area contributed by atoms with Crippen molar-refractivity contribution in [3.8, 4) is 22.3 Å². The maximum atomic E-state index is 15.8. The third kappa shape index (κ3) is 3.73. The largest absolute Gasteiger partial charge is 0.361 e. The van der Waals surface area contributed by atoms with Crippen LogP contribution in [0.1, 0.15) is 68.1 Å². The predicted molar refractivity (Wildman–Crippen MR) is 125 cm³/mol. The highest BCUT2D eigenvalue weighted by molar-refractivity contribution is 5.94. The average Bonchev–Trinajstić information content (AvgIpc) is 3.54. The third-order valence-corrected chi connectivity index (χ3v) is 7.17. The quantitative estimate of drug-likeness (QED) is 0.360. The SMILES string of the molecule is Cc1noc(C)c1-c1cnc2c(-c3cnc(C4CC4)nc3)cn(CC3(F)CCCCC3)c2c1. The Bertz CT molecular complexity index is 1290. The number of alkyl halides is 1. The van der Waals surface area contributed by atoms with E-state index in [1.54, 1.807) is 0 Å². The van der Waals surface area contributed by atoms with Gasteiger partial charge in [0.1, 0.15) is 17.3 Å². The minimum Gasteiger partial charge on any atom is -0.361 e. The zero-order chi connectivity index (χ0) is 22.6. The number of pyridine rings is 1. The van der Waals surface area contributed by atoms with Gasteiger partial charge in [-0.2, -0.15) is 0 Å². The van der Waals surface area contributed by atoms with E-state index in [2.05, 4.69) is 21.2 Å². The van der Waals surface area contributed by atoms with Crippen LogP contribution in [0.2, 0.25) is 0 Å². The molecule has 6 nitrogen and oxygen atoms in total. The monoisotopic (exact) mass is 445 g/mol. The molecule has 7 heteroatoms. The molecule has 4 aromatic rings. The number of hydrogen-bond donors (Lipinski definition) is 0. The molecule has 4 heterocycles. The lowest BCUT2D eigenvalue weighted by Crippen LogP contribution is -2.31. The van der Waals surface area contributed by atoms with E-state index in [0.717, 1.165) is 69.8 Å². The molecule has 2 saturated carbocycles. The predicted octanol–water partition coefficient (Wildman–Crippen LogP) is 6.31. The highest BCUT2D eigenvalue weighted by atomic mass is 19.1. The van der Waals surface area contributed by atoms with Crippen molar-refractivity contribution in [1.29, 1.82) is 0 Å². The van der Waals surface area contributed by atoms with Crippen molar-refractivity contribution in [2.75, 3.05) is 0 Å². The van der Waals surface area contributed by atoms with Gasteiger partial charge in [-0.1, -0.05) is 24.4 Å². The number of halogens is 1. The van der Waals surface area contributed by atoms with Gasteiger partial charge in [0.25, 0.3) is 0 Å². The van der Waals surface area contributed by atoms with Gasteiger partial charge in [0.15, 0.2) is 0 Å². The molecule has 0 unspecified atom stereocenters. The minimum absolute atomic E-state index is 0.331. The second kappa shape index (κ2) is 7.75. The first-order valence-electron chi connectivity index (χ1n) is 11.9. The lowest BCUT2D eigenvalue weighted by atomic mass is 9.86. The van der Waals surface area contributed by atoms with E-state index in [1.165, 1.54) is 12.8 Å². The molecular weight excluding hydrogens is 417 g/mol. The smallest absolute Gasteiger partial charge is 0.141 e. The van der Waals surface area contributed by atoms with Crippen molar-refractivity contribution >= 4 is 11.0 Å². The van der Waals surface area contributed by atoms with Gasteiger partial charge in [0.2, 0.25) is 0 Å². The van der Waals surface area contributed by atoms with Gasteiger partial charge in [-0.15, -0.1) is 0 Å². The maximum absolute atomic E-state index is 15.8. The number of aryl methyl sites for hydroxylation is 2. The second-order valence-electron chi connectivity index (χ2n) is 9.78. The first-order valence-corrected chi connectivity index (χ1v) is 11.9. The van der Waals surface area contributed by atoms with Crippen LogP contribution in [-0.2, 0) is 6.54 Å². The van der Waals surface area contributed by atoms with Crippen LogP contribution < -0.4 is 0 Å². The molecule has 2 fully saturated rings. The molecule has 0 bridgehead atoms. The average molecular weight is 446 g/mol. The van der Waals surface area contributed by atoms with Gasteiger partial charge in [-0.25, -0.2) is 14.4 Å². The van der Waals surface area contributed by atoms with Crippen LogP contribution in [0.3, 0.4) is 0 Å².